The lowest BCUT2D eigenvalue weighted by molar-refractivity contribution is -0.0948. The summed E-state index contributed by atoms with van der Waals surface area (Å²) in [6.45, 7) is 11.9. The molecule has 0 aromatic heterocycles. The van der Waals surface area contributed by atoms with Gasteiger partial charge in [-0.15, -0.1) is 0 Å². The molecule has 1 fully saturated rings. The van der Waals surface area contributed by atoms with Gasteiger partial charge in [0, 0.05) is 19.8 Å². The Hall–Kier alpha value is 0.0569. The quantitative estimate of drug-likeness (QED) is 0.638. The Morgan fingerprint density at radius 1 is 1.06 bits per heavy atom. The number of hydrogen-bond acceptors (Lipinski definition) is 4. The number of hydrogen-bond donors (Lipinski definition) is 0. The zero-order valence-electron chi connectivity index (χ0n) is 12.5. The topological polar surface area (TPSA) is 36.9 Å². The molecule has 2 atom stereocenters. The molecule has 0 spiro atoms. The SMILES string of the molecule is CCO[Si](OCC)(OCC)O[C@]1(C)CCC[C@@H]1C. The van der Waals surface area contributed by atoms with E-state index < -0.39 is 9.05 Å². The summed E-state index contributed by atoms with van der Waals surface area (Å²) in [5, 5.41) is 0. The largest absolute Gasteiger partial charge is 0.680 e. The molecule has 0 N–H and O–H groups in total. The molecule has 108 valence electrons. The van der Waals surface area contributed by atoms with E-state index in [0.29, 0.717) is 25.7 Å². The maximum atomic E-state index is 6.29. The third-order valence-corrected chi connectivity index (χ3v) is 6.32. The van der Waals surface area contributed by atoms with Crippen molar-refractivity contribution in [3.05, 3.63) is 0 Å². The molecule has 1 aliphatic carbocycles. The summed E-state index contributed by atoms with van der Waals surface area (Å²) in [5.74, 6) is 0.519. The fraction of sp³-hybridized carbons (Fsp3) is 1.00. The minimum absolute atomic E-state index is 0.175. The normalized spacial score (nSPS) is 28.8. The molecule has 0 heterocycles. The second kappa shape index (κ2) is 7.00. The first-order valence-corrected chi connectivity index (χ1v) is 8.77. The van der Waals surface area contributed by atoms with Crippen molar-refractivity contribution in [2.24, 2.45) is 5.92 Å². The molecule has 5 heteroatoms. The molecule has 1 saturated carbocycles. The zero-order valence-corrected chi connectivity index (χ0v) is 13.5. The molecular weight excluding hydrogens is 248 g/mol. The summed E-state index contributed by atoms with van der Waals surface area (Å²) in [6.07, 6.45) is 3.45. The van der Waals surface area contributed by atoms with Crippen LogP contribution in [0.5, 0.6) is 0 Å². The minimum atomic E-state index is -2.97. The molecule has 0 aliphatic heterocycles. The van der Waals surface area contributed by atoms with Gasteiger partial charge in [-0.05, 0) is 46.5 Å². The summed E-state index contributed by atoms with van der Waals surface area (Å²) in [7, 11) is -2.97. The van der Waals surface area contributed by atoms with E-state index in [9.17, 15) is 0 Å². The summed E-state index contributed by atoms with van der Waals surface area (Å²) >= 11 is 0. The van der Waals surface area contributed by atoms with Crippen LogP contribution in [-0.2, 0) is 17.7 Å². The highest BCUT2D eigenvalue weighted by atomic mass is 28.4. The first-order valence-electron chi connectivity index (χ1n) is 7.14. The van der Waals surface area contributed by atoms with Gasteiger partial charge in [-0.25, -0.2) is 0 Å². The highest BCUT2D eigenvalue weighted by Gasteiger charge is 2.53. The van der Waals surface area contributed by atoms with Crippen LogP contribution in [0.1, 0.15) is 53.9 Å². The third kappa shape index (κ3) is 3.77. The van der Waals surface area contributed by atoms with Gasteiger partial charge in [0.15, 0.2) is 0 Å². The lowest BCUT2D eigenvalue weighted by Gasteiger charge is -2.37. The maximum absolute atomic E-state index is 6.29. The van der Waals surface area contributed by atoms with Crippen LogP contribution in [0.2, 0.25) is 0 Å². The van der Waals surface area contributed by atoms with Crippen LogP contribution < -0.4 is 0 Å². The molecule has 1 aliphatic rings. The lowest BCUT2D eigenvalue weighted by Crippen LogP contribution is -2.55. The first-order chi connectivity index (χ1) is 8.52. The van der Waals surface area contributed by atoms with Gasteiger partial charge in [-0.2, -0.15) is 0 Å². The Bertz CT molecular complexity index is 232. The molecule has 18 heavy (non-hydrogen) atoms. The molecule has 0 aromatic carbocycles. The van der Waals surface area contributed by atoms with E-state index in [1.165, 1.54) is 12.8 Å². The van der Waals surface area contributed by atoms with Crippen molar-refractivity contribution in [1.82, 2.24) is 0 Å². The van der Waals surface area contributed by atoms with Crippen molar-refractivity contribution >= 4 is 9.05 Å². The van der Waals surface area contributed by atoms with Crippen LogP contribution in [0.3, 0.4) is 0 Å². The summed E-state index contributed by atoms with van der Waals surface area (Å²) < 4.78 is 23.6. The van der Waals surface area contributed by atoms with Crippen LogP contribution in [0.4, 0.5) is 0 Å². The van der Waals surface area contributed by atoms with Gasteiger partial charge in [0.25, 0.3) is 0 Å². The van der Waals surface area contributed by atoms with Crippen LogP contribution in [0.25, 0.3) is 0 Å². The van der Waals surface area contributed by atoms with Crippen molar-refractivity contribution in [2.75, 3.05) is 19.8 Å². The van der Waals surface area contributed by atoms with E-state index in [-0.39, 0.29) is 5.60 Å². The van der Waals surface area contributed by atoms with Gasteiger partial charge < -0.3 is 17.7 Å². The first kappa shape index (κ1) is 16.1. The predicted octanol–water partition coefficient (Wildman–Crippen LogP) is 3.13. The predicted molar refractivity (Wildman–Crippen MR) is 73.1 cm³/mol. The Morgan fingerprint density at radius 2 is 1.56 bits per heavy atom. The van der Waals surface area contributed by atoms with E-state index in [1.807, 2.05) is 20.8 Å². The fourth-order valence-corrected chi connectivity index (χ4v) is 4.85. The van der Waals surface area contributed by atoms with Crippen LogP contribution in [0, 0.1) is 5.92 Å². The summed E-state index contributed by atoms with van der Waals surface area (Å²) in [6, 6.07) is 0. The molecule has 1 rings (SSSR count). The van der Waals surface area contributed by atoms with Gasteiger partial charge in [-0.1, -0.05) is 13.3 Å². The van der Waals surface area contributed by atoms with E-state index in [0.717, 1.165) is 6.42 Å². The third-order valence-electron chi connectivity index (χ3n) is 3.67. The zero-order chi connectivity index (χ0) is 13.6. The lowest BCUT2D eigenvalue weighted by atomic mass is 9.95. The second-order valence-electron chi connectivity index (χ2n) is 5.01. The van der Waals surface area contributed by atoms with Crippen molar-refractivity contribution in [2.45, 2.75) is 59.5 Å². The molecule has 4 nitrogen and oxygen atoms in total. The molecular formula is C13H28O4Si. The Morgan fingerprint density at radius 3 is 1.89 bits per heavy atom. The molecule has 0 unspecified atom stereocenters. The van der Waals surface area contributed by atoms with Gasteiger partial charge >= 0.3 is 9.05 Å². The Kier molecular flexibility index (Phi) is 6.27. The fourth-order valence-electron chi connectivity index (χ4n) is 2.49. The molecule has 0 radical (unpaired) electrons. The Balaban J connectivity index is 2.81. The van der Waals surface area contributed by atoms with Crippen molar-refractivity contribution in [1.29, 1.82) is 0 Å². The van der Waals surface area contributed by atoms with Crippen molar-refractivity contribution < 1.29 is 17.7 Å². The van der Waals surface area contributed by atoms with E-state index in [4.69, 9.17) is 17.7 Å². The van der Waals surface area contributed by atoms with Crippen molar-refractivity contribution in [3.8, 4) is 0 Å². The second-order valence-corrected chi connectivity index (χ2v) is 7.08. The standard InChI is InChI=1S/C13H28O4Si/c1-6-14-18(15-7-2,16-8-3)17-13(5)11-9-10-12(13)4/h12H,6-11H2,1-5H3/t12-,13+/m0/s1. The van der Waals surface area contributed by atoms with E-state index in [2.05, 4.69) is 13.8 Å². The molecule has 0 saturated heterocycles. The van der Waals surface area contributed by atoms with Crippen LogP contribution >= 0.6 is 0 Å². The molecule has 0 aromatic rings. The summed E-state index contributed by atoms with van der Waals surface area (Å²) in [5.41, 5.74) is -0.175. The summed E-state index contributed by atoms with van der Waals surface area (Å²) in [4.78, 5) is 0. The van der Waals surface area contributed by atoms with Crippen LogP contribution in [-0.4, -0.2) is 34.5 Å². The van der Waals surface area contributed by atoms with Gasteiger partial charge in [0.1, 0.15) is 0 Å². The number of rotatable bonds is 8. The van der Waals surface area contributed by atoms with Gasteiger partial charge in [-0.3, -0.25) is 0 Å². The monoisotopic (exact) mass is 276 g/mol. The van der Waals surface area contributed by atoms with Gasteiger partial charge in [0.05, 0.1) is 5.60 Å². The Labute approximate surface area is 112 Å². The smallest absolute Gasteiger partial charge is 0.351 e. The van der Waals surface area contributed by atoms with E-state index >= 15 is 0 Å². The van der Waals surface area contributed by atoms with Gasteiger partial charge in [0.2, 0.25) is 0 Å². The highest BCUT2D eigenvalue weighted by molar-refractivity contribution is 6.53. The maximum Gasteiger partial charge on any atom is 0.680 e. The van der Waals surface area contributed by atoms with E-state index in [1.54, 1.807) is 0 Å². The van der Waals surface area contributed by atoms with Crippen LogP contribution in [0.15, 0.2) is 0 Å². The molecule has 0 amide bonds. The highest BCUT2D eigenvalue weighted by Crippen LogP contribution is 2.40. The van der Waals surface area contributed by atoms with Crippen molar-refractivity contribution in [3.63, 3.8) is 0 Å². The average Bonchev–Trinajstić information content (AvgIpc) is 2.60. The minimum Gasteiger partial charge on any atom is -0.351 e. The average molecular weight is 276 g/mol. The molecule has 0 bridgehead atoms.